The van der Waals surface area contributed by atoms with Gasteiger partial charge in [-0.05, 0) is 55.2 Å². The van der Waals surface area contributed by atoms with E-state index in [1.807, 2.05) is 31.2 Å². The molecule has 2 amide bonds. The molecule has 0 radical (unpaired) electrons. The van der Waals surface area contributed by atoms with Gasteiger partial charge in [0.25, 0.3) is 5.91 Å². The predicted octanol–water partition coefficient (Wildman–Crippen LogP) is 4.87. The van der Waals surface area contributed by atoms with E-state index < -0.39 is 6.04 Å². The van der Waals surface area contributed by atoms with Crippen LogP contribution in [-0.4, -0.2) is 36.4 Å². The van der Waals surface area contributed by atoms with Crippen molar-refractivity contribution in [3.63, 3.8) is 0 Å². The van der Waals surface area contributed by atoms with Crippen molar-refractivity contribution >= 4 is 35.0 Å². The van der Waals surface area contributed by atoms with Gasteiger partial charge < -0.3 is 15.0 Å². The quantitative estimate of drug-likeness (QED) is 0.704. The van der Waals surface area contributed by atoms with Gasteiger partial charge in [0, 0.05) is 12.1 Å². The fraction of sp³-hybridized carbons (Fsp3) is 0.364. The maximum absolute atomic E-state index is 13.0. The number of nitrogens with one attached hydrogen (secondary N) is 1. The topological polar surface area (TPSA) is 58.6 Å². The van der Waals surface area contributed by atoms with Gasteiger partial charge in [0.1, 0.15) is 11.8 Å². The van der Waals surface area contributed by atoms with Gasteiger partial charge in [-0.15, -0.1) is 0 Å². The number of ether oxygens (including phenoxy) is 1. The first-order valence-electron chi connectivity index (χ1n) is 9.65. The van der Waals surface area contributed by atoms with Crippen molar-refractivity contribution in [2.24, 2.45) is 0 Å². The molecule has 2 atom stereocenters. The first kappa shape index (κ1) is 21.5. The summed E-state index contributed by atoms with van der Waals surface area (Å²) in [7, 11) is 1.62. The molecule has 2 aromatic rings. The van der Waals surface area contributed by atoms with E-state index in [1.54, 1.807) is 30.2 Å². The van der Waals surface area contributed by atoms with E-state index in [-0.39, 0.29) is 17.9 Å². The zero-order chi connectivity index (χ0) is 21.0. The van der Waals surface area contributed by atoms with E-state index in [9.17, 15) is 9.59 Å². The van der Waals surface area contributed by atoms with Gasteiger partial charge in [-0.25, -0.2) is 0 Å². The van der Waals surface area contributed by atoms with Crippen molar-refractivity contribution < 1.29 is 14.3 Å². The standard InChI is InChI=1S/C22H24Cl2N2O3/c1-3-19(14-6-9-16(29-2)10-7-14)25-21(27)20-5-4-12-26(20)22(28)15-8-11-17(23)18(24)13-15/h6-11,13,19-20H,3-5,12H2,1-2H3,(H,25,27). The van der Waals surface area contributed by atoms with E-state index in [2.05, 4.69) is 5.32 Å². The summed E-state index contributed by atoms with van der Waals surface area (Å²) in [6, 6.07) is 11.8. The summed E-state index contributed by atoms with van der Waals surface area (Å²) in [5, 5.41) is 3.81. The summed E-state index contributed by atoms with van der Waals surface area (Å²) < 4.78 is 5.19. The normalized spacial score (nSPS) is 17.1. The second-order valence-corrected chi connectivity index (χ2v) is 7.84. The molecule has 0 spiro atoms. The van der Waals surface area contributed by atoms with E-state index in [1.165, 1.54) is 0 Å². The molecule has 0 saturated carbocycles. The Balaban J connectivity index is 1.72. The van der Waals surface area contributed by atoms with Gasteiger partial charge in [-0.1, -0.05) is 42.3 Å². The number of amides is 2. The van der Waals surface area contributed by atoms with Crippen LogP contribution in [0.15, 0.2) is 42.5 Å². The molecular weight excluding hydrogens is 411 g/mol. The third-order valence-corrected chi connectivity index (χ3v) is 5.96. The molecule has 2 aromatic carbocycles. The van der Waals surface area contributed by atoms with Gasteiger partial charge in [0.15, 0.2) is 0 Å². The molecule has 7 heteroatoms. The predicted molar refractivity (Wildman–Crippen MR) is 115 cm³/mol. The molecule has 1 aliphatic rings. The van der Waals surface area contributed by atoms with Crippen molar-refractivity contribution in [3.8, 4) is 5.75 Å². The molecule has 154 valence electrons. The van der Waals surface area contributed by atoms with Crippen LogP contribution >= 0.6 is 23.2 Å². The van der Waals surface area contributed by atoms with Gasteiger partial charge in [0.05, 0.1) is 23.2 Å². The molecule has 0 aromatic heterocycles. The molecule has 0 bridgehead atoms. The fourth-order valence-electron chi connectivity index (χ4n) is 3.60. The number of carbonyl (C=O) groups excluding carboxylic acids is 2. The van der Waals surface area contributed by atoms with Gasteiger partial charge in [-0.3, -0.25) is 9.59 Å². The zero-order valence-electron chi connectivity index (χ0n) is 16.5. The number of hydrogen-bond acceptors (Lipinski definition) is 3. The highest BCUT2D eigenvalue weighted by Gasteiger charge is 2.35. The zero-order valence-corrected chi connectivity index (χ0v) is 18.0. The molecule has 3 rings (SSSR count). The van der Waals surface area contributed by atoms with Crippen LogP contribution < -0.4 is 10.1 Å². The van der Waals surface area contributed by atoms with E-state index >= 15 is 0 Å². The Morgan fingerprint density at radius 3 is 2.52 bits per heavy atom. The van der Waals surface area contributed by atoms with Crippen molar-refractivity contribution in [1.29, 1.82) is 0 Å². The van der Waals surface area contributed by atoms with E-state index in [4.69, 9.17) is 27.9 Å². The average molecular weight is 435 g/mol. The lowest BCUT2D eigenvalue weighted by Crippen LogP contribution is -2.46. The molecule has 29 heavy (non-hydrogen) atoms. The van der Waals surface area contributed by atoms with Crippen molar-refractivity contribution in [3.05, 3.63) is 63.6 Å². The van der Waals surface area contributed by atoms with Crippen LogP contribution in [0.1, 0.15) is 48.1 Å². The molecule has 0 aliphatic carbocycles. The first-order valence-corrected chi connectivity index (χ1v) is 10.4. The van der Waals surface area contributed by atoms with Crippen molar-refractivity contribution in [2.75, 3.05) is 13.7 Å². The molecule has 1 fully saturated rings. The van der Waals surface area contributed by atoms with Crippen molar-refractivity contribution in [2.45, 2.75) is 38.3 Å². The summed E-state index contributed by atoms with van der Waals surface area (Å²) in [5.41, 5.74) is 1.43. The van der Waals surface area contributed by atoms with Crippen molar-refractivity contribution in [1.82, 2.24) is 10.2 Å². The number of nitrogens with zero attached hydrogens (tertiary/aromatic N) is 1. The summed E-state index contributed by atoms with van der Waals surface area (Å²) >= 11 is 12.0. The first-order chi connectivity index (χ1) is 13.9. The van der Waals surface area contributed by atoms with Crippen LogP contribution in [0.25, 0.3) is 0 Å². The third kappa shape index (κ3) is 4.85. The highest BCUT2D eigenvalue weighted by molar-refractivity contribution is 6.42. The summed E-state index contributed by atoms with van der Waals surface area (Å²) in [6.07, 6.45) is 2.16. The number of likely N-dealkylation sites (tertiary alicyclic amines) is 1. The minimum absolute atomic E-state index is 0.129. The number of hydrogen-bond donors (Lipinski definition) is 1. The number of carbonyl (C=O) groups is 2. The molecule has 1 N–H and O–H groups in total. The largest absolute Gasteiger partial charge is 0.497 e. The van der Waals surface area contributed by atoms with Crippen LogP contribution in [0.4, 0.5) is 0 Å². The highest BCUT2D eigenvalue weighted by atomic mass is 35.5. The van der Waals surface area contributed by atoms with Crippen LogP contribution in [-0.2, 0) is 4.79 Å². The van der Waals surface area contributed by atoms with Crippen LogP contribution in [0, 0.1) is 0 Å². The number of methoxy groups -OCH3 is 1. The smallest absolute Gasteiger partial charge is 0.254 e. The molecule has 1 saturated heterocycles. The average Bonchev–Trinajstić information content (AvgIpc) is 3.23. The number of benzene rings is 2. The minimum atomic E-state index is -0.496. The lowest BCUT2D eigenvalue weighted by Gasteiger charge is -2.26. The van der Waals surface area contributed by atoms with Crippen LogP contribution in [0.3, 0.4) is 0 Å². The maximum atomic E-state index is 13.0. The highest BCUT2D eigenvalue weighted by Crippen LogP contribution is 2.27. The van der Waals surface area contributed by atoms with Gasteiger partial charge >= 0.3 is 0 Å². The lowest BCUT2D eigenvalue weighted by atomic mass is 10.0. The lowest BCUT2D eigenvalue weighted by molar-refractivity contribution is -0.125. The van der Waals surface area contributed by atoms with Crippen LogP contribution in [0.2, 0.25) is 10.0 Å². The number of rotatable bonds is 6. The van der Waals surface area contributed by atoms with E-state index in [0.717, 1.165) is 24.2 Å². The Kier molecular flexibility index (Phi) is 7.04. The second-order valence-electron chi connectivity index (χ2n) is 7.03. The minimum Gasteiger partial charge on any atom is -0.497 e. The Bertz CT molecular complexity index is 886. The maximum Gasteiger partial charge on any atom is 0.254 e. The molecular formula is C22H24Cl2N2O3. The number of halogens is 2. The summed E-state index contributed by atoms with van der Waals surface area (Å²) in [4.78, 5) is 27.6. The Morgan fingerprint density at radius 1 is 1.17 bits per heavy atom. The molecule has 5 nitrogen and oxygen atoms in total. The van der Waals surface area contributed by atoms with E-state index in [0.29, 0.717) is 28.6 Å². The van der Waals surface area contributed by atoms with Gasteiger partial charge in [0.2, 0.25) is 5.91 Å². The van der Waals surface area contributed by atoms with Gasteiger partial charge in [-0.2, -0.15) is 0 Å². The summed E-state index contributed by atoms with van der Waals surface area (Å²) in [6.45, 7) is 2.55. The Hall–Kier alpha value is -2.24. The monoisotopic (exact) mass is 434 g/mol. The third-order valence-electron chi connectivity index (χ3n) is 5.23. The fourth-order valence-corrected chi connectivity index (χ4v) is 3.90. The molecule has 1 aliphatic heterocycles. The molecule has 2 unspecified atom stereocenters. The molecule has 1 heterocycles. The Morgan fingerprint density at radius 2 is 1.90 bits per heavy atom. The summed E-state index contributed by atoms with van der Waals surface area (Å²) in [5.74, 6) is 0.418. The second kappa shape index (κ2) is 9.51. The Labute approximate surface area is 180 Å². The SMILES string of the molecule is CCC(NC(=O)C1CCCN1C(=O)c1ccc(Cl)c(Cl)c1)c1ccc(OC)cc1. The van der Waals surface area contributed by atoms with Crippen LogP contribution in [0.5, 0.6) is 5.75 Å².